The Morgan fingerprint density at radius 2 is 1.79 bits per heavy atom. The Morgan fingerprint density at radius 1 is 1.07 bits per heavy atom. The van der Waals surface area contributed by atoms with Crippen LogP contribution in [0.25, 0.3) is 10.9 Å². The molecule has 1 saturated heterocycles. The molecule has 6 heteroatoms. The van der Waals surface area contributed by atoms with E-state index in [-0.39, 0.29) is 12.9 Å². The third-order valence-corrected chi connectivity index (χ3v) is 5.67. The number of amides is 2. The van der Waals surface area contributed by atoms with Crippen molar-refractivity contribution < 1.29 is 15.8 Å². The Morgan fingerprint density at radius 3 is 2.48 bits per heavy atom. The molecule has 0 bridgehead atoms. The van der Waals surface area contributed by atoms with Crippen LogP contribution in [0.2, 0.25) is 0 Å². The van der Waals surface area contributed by atoms with E-state index >= 15 is 0 Å². The Hall–Kier alpha value is -3.41. The molecule has 6 nitrogen and oxygen atoms in total. The van der Waals surface area contributed by atoms with Crippen LogP contribution in [-0.2, 0) is 11.2 Å². The smallest absolute Gasteiger partial charge is 0.289 e. The number of benzene rings is 2. The second-order valence-corrected chi connectivity index (χ2v) is 7.58. The highest BCUT2D eigenvalue weighted by atomic mass is 16.2. The summed E-state index contributed by atoms with van der Waals surface area (Å²) in [5.41, 5.74) is 7.86. The number of likely N-dealkylation sites (tertiary alicyclic amines) is 1. The number of nitrogens with two attached hydrogens (primary N) is 1. The summed E-state index contributed by atoms with van der Waals surface area (Å²) < 4.78 is 0. The van der Waals surface area contributed by atoms with E-state index in [1.54, 1.807) is 18.2 Å². The van der Waals surface area contributed by atoms with Crippen LogP contribution < -0.4 is 5.73 Å². The van der Waals surface area contributed by atoms with Crippen LogP contribution in [0.4, 0.5) is 0 Å². The average Bonchev–Trinajstić information content (AvgIpc) is 3.17. The predicted molar refractivity (Wildman–Crippen MR) is 113 cm³/mol. The zero-order valence-electron chi connectivity index (χ0n) is 16.1. The fourth-order valence-electron chi connectivity index (χ4n) is 4.04. The molecule has 1 aliphatic heterocycles. The molecular formula is C23H25N3O3. The summed E-state index contributed by atoms with van der Waals surface area (Å²) >= 11 is 0. The number of carbonyl (C=O) groups excluding carboxylic acids is 3. The minimum absolute atomic E-state index is 0. The first-order valence-electron chi connectivity index (χ1n) is 9.81. The summed E-state index contributed by atoms with van der Waals surface area (Å²) in [6, 6.07) is 15.6. The minimum atomic E-state index is -1.01. The highest BCUT2D eigenvalue weighted by Crippen LogP contribution is 2.25. The first kappa shape index (κ1) is 18.9. The highest BCUT2D eigenvalue weighted by Gasteiger charge is 2.25. The van der Waals surface area contributed by atoms with Crippen molar-refractivity contribution >= 4 is 28.5 Å². The van der Waals surface area contributed by atoms with Gasteiger partial charge in [0.2, 0.25) is 0 Å². The van der Waals surface area contributed by atoms with Crippen LogP contribution in [0, 0.1) is 5.92 Å². The van der Waals surface area contributed by atoms with E-state index in [9.17, 15) is 14.4 Å². The standard InChI is InChI=1S/C23H23N3O3.H2/c24-22(28)21(27)19-14-25-20-7-6-17(13-18(19)20)23(29)26-10-8-16(9-11-26)12-15-4-2-1-3-5-15;/h1-7,13-14,16,25H,8-12H2,(H2,24,28);1H. The molecule has 1 aromatic heterocycles. The van der Waals surface area contributed by atoms with Crippen molar-refractivity contribution in [3.05, 3.63) is 71.4 Å². The number of piperidine rings is 1. The molecule has 2 amide bonds. The number of aromatic amines is 1. The van der Waals surface area contributed by atoms with E-state index in [1.807, 2.05) is 11.0 Å². The maximum Gasteiger partial charge on any atom is 0.289 e. The van der Waals surface area contributed by atoms with Gasteiger partial charge in [0.15, 0.2) is 0 Å². The van der Waals surface area contributed by atoms with Crippen molar-refractivity contribution in [2.75, 3.05) is 13.1 Å². The number of fused-ring (bicyclic) bond motifs is 1. The summed E-state index contributed by atoms with van der Waals surface area (Å²) in [5.74, 6) is -1.25. The molecule has 150 valence electrons. The molecule has 0 spiro atoms. The maximum absolute atomic E-state index is 13.0. The van der Waals surface area contributed by atoms with E-state index in [0.29, 0.717) is 35.5 Å². The average molecular weight is 391 g/mol. The lowest BCUT2D eigenvalue weighted by molar-refractivity contribution is -0.114. The largest absolute Gasteiger partial charge is 0.363 e. The lowest BCUT2D eigenvalue weighted by Crippen LogP contribution is -2.38. The van der Waals surface area contributed by atoms with Gasteiger partial charge in [-0.25, -0.2) is 0 Å². The summed E-state index contributed by atoms with van der Waals surface area (Å²) in [6.07, 6.45) is 4.44. The summed E-state index contributed by atoms with van der Waals surface area (Å²) in [4.78, 5) is 41.0. The fourth-order valence-corrected chi connectivity index (χ4v) is 4.04. The fraction of sp³-hybridized carbons (Fsp3) is 0.261. The molecule has 1 aliphatic rings. The number of ketones is 1. The number of aromatic nitrogens is 1. The normalized spacial score (nSPS) is 14.8. The molecule has 29 heavy (non-hydrogen) atoms. The van der Waals surface area contributed by atoms with E-state index < -0.39 is 11.7 Å². The Bertz CT molecular complexity index is 1070. The van der Waals surface area contributed by atoms with Gasteiger partial charge in [0.1, 0.15) is 0 Å². The van der Waals surface area contributed by atoms with Gasteiger partial charge in [-0.15, -0.1) is 0 Å². The molecule has 0 atom stereocenters. The van der Waals surface area contributed by atoms with Gasteiger partial charge in [0, 0.05) is 37.2 Å². The second-order valence-electron chi connectivity index (χ2n) is 7.58. The third-order valence-electron chi connectivity index (χ3n) is 5.67. The van der Waals surface area contributed by atoms with Gasteiger partial charge in [-0.05, 0) is 48.9 Å². The van der Waals surface area contributed by atoms with Crippen LogP contribution in [-0.4, -0.2) is 40.6 Å². The van der Waals surface area contributed by atoms with Crippen molar-refractivity contribution in [3.8, 4) is 0 Å². The number of Topliss-reactive ketones (excluding diaryl/α,β-unsaturated/α-hetero) is 1. The molecule has 1 fully saturated rings. The van der Waals surface area contributed by atoms with Gasteiger partial charge in [-0.1, -0.05) is 30.3 Å². The van der Waals surface area contributed by atoms with E-state index in [2.05, 4.69) is 29.2 Å². The summed E-state index contributed by atoms with van der Waals surface area (Å²) in [7, 11) is 0. The zero-order valence-corrected chi connectivity index (χ0v) is 16.1. The first-order valence-corrected chi connectivity index (χ1v) is 9.81. The van der Waals surface area contributed by atoms with Crippen LogP contribution in [0.5, 0.6) is 0 Å². The van der Waals surface area contributed by atoms with Crippen LogP contribution in [0.15, 0.2) is 54.7 Å². The molecule has 0 unspecified atom stereocenters. The Kier molecular flexibility index (Phi) is 5.16. The number of hydrogen-bond acceptors (Lipinski definition) is 3. The van der Waals surface area contributed by atoms with Crippen molar-refractivity contribution in [3.63, 3.8) is 0 Å². The quantitative estimate of drug-likeness (QED) is 0.516. The van der Waals surface area contributed by atoms with Crippen LogP contribution in [0.1, 0.15) is 40.5 Å². The van der Waals surface area contributed by atoms with Gasteiger partial charge < -0.3 is 15.6 Å². The molecule has 2 heterocycles. The van der Waals surface area contributed by atoms with Crippen molar-refractivity contribution in [2.45, 2.75) is 19.3 Å². The maximum atomic E-state index is 13.0. The van der Waals surface area contributed by atoms with Gasteiger partial charge in [-0.2, -0.15) is 0 Å². The number of rotatable bonds is 5. The number of H-pyrrole nitrogens is 1. The number of nitrogens with zero attached hydrogens (tertiary/aromatic N) is 1. The van der Waals surface area contributed by atoms with Gasteiger partial charge in [0.05, 0.1) is 5.56 Å². The van der Waals surface area contributed by atoms with Crippen molar-refractivity contribution in [2.24, 2.45) is 11.7 Å². The molecule has 2 aromatic carbocycles. The lowest BCUT2D eigenvalue weighted by Gasteiger charge is -2.32. The topological polar surface area (TPSA) is 96.3 Å². The molecule has 4 rings (SSSR count). The second kappa shape index (κ2) is 7.91. The van der Waals surface area contributed by atoms with Crippen LogP contribution >= 0.6 is 0 Å². The molecule has 0 aliphatic carbocycles. The van der Waals surface area contributed by atoms with Gasteiger partial charge >= 0.3 is 0 Å². The number of primary amides is 1. The summed E-state index contributed by atoms with van der Waals surface area (Å²) in [6.45, 7) is 1.43. The molecule has 0 saturated carbocycles. The third kappa shape index (κ3) is 3.92. The van der Waals surface area contributed by atoms with Gasteiger partial charge in [-0.3, -0.25) is 14.4 Å². The van der Waals surface area contributed by atoms with E-state index in [0.717, 1.165) is 19.3 Å². The SMILES string of the molecule is NC(=O)C(=O)c1c[nH]c2ccc(C(=O)N3CCC(Cc4ccccc4)CC3)cc12.[HH]. The number of nitrogens with one attached hydrogen (secondary N) is 1. The molecule has 0 radical (unpaired) electrons. The van der Waals surface area contributed by atoms with E-state index in [4.69, 9.17) is 5.73 Å². The molecule has 3 aromatic rings. The monoisotopic (exact) mass is 391 g/mol. The van der Waals surface area contributed by atoms with Crippen LogP contribution in [0.3, 0.4) is 0 Å². The predicted octanol–water partition coefficient (Wildman–Crippen LogP) is 3.18. The number of hydrogen-bond donors (Lipinski definition) is 2. The van der Waals surface area contributed by atoms with Gasteiger partial charge in [0.25, 0.3) is 17.6 Å². The molecular weight excluding hydrogens is 366 g/mol. The Labute approximate surface area is 170 Å². The zero-order chi connectivity index (χ0) is 20.4. The lowest BCUT2D eigenvalue weighted by atomic mass is 9.90. The Balaban J connectivity index is 0.00000256. The summed E-state index contributed by atoms with van der Waals surface area (Å²) in [5, 5.41) is 0.540. The van der Waals surface area contributed by atoms with Crippen molar-refractivity contribution in [1.82, 2.24) is 9.88 Å². The molecule has 3 N–H and O–H groups in total. The highest BCUT2D eigenvalue weighted by molar-refractivity contribution is 6.44. The van der Waals surface area contributed by atoms with E-state index in [1.165, 1.54) is 11.8 Å². The minimum Gasteiger partial charge on any atom is -0.363 e. The first-order chi connectivity index (χ1) is 14.0. The number of carbonyl (C=O) groups is 3. The van der Waals surface area contributed by atoms with Crippen molar-refractivity contribution in [1.29, 1.82) is 0 Å².